The van der Waals surface area contributed by atoms with Crippen LogP contribution in [0.25, 0.3) is 6.08 Å². The number of nitrogens with one attached hydrogen (secondary N) is 2. The largest absolute Gasteiger partial charge is 0.322 e. The normalized spacial score (nSPS) is 25.2. The molecule has 2 aromatic carbocycles. The lowest BCUT2D eigenvalue weighted by Crippen LogP contribution is -3.30. The summed E-state index contributed by atoms with van der Waals surface area (Å²) in [5, 5.41) is 0. The number of nitrogens with zero attached hydrogens (tertiary/aromatic N) is 1. The van der Waals surface area contributed by atoms with Crippen LogP contribution < -0.4 is 14.7 Å². The number of amides is 1. The van der Waals surface area contributed by atoms with Crippen LogP contribution in [0.2, 0.25) is 0 Å². The molecule has 0 radical (unpaired) electrons. The minimum absolute atomic E-state index is 0.0185. The van der Waals surface area contributed by atoms with Gasteiger partial charge in [0.25, 0.3) is 5.91 Å². The van der Waals surface area contributed by atoms with E-state index in [1.807, 2.05) is 6.07 Å². The van der Waals surface area contributed by atoms with E-state index in [-0.39, 0.29) is 18.0 Å². The molecule has 0 aromatic heterocycles. The van der Waals surface area contributed by atoms with Crippen LogP contribution in [0.15, 0.2) is 60.7 Å². The van der Waals surface area contributed by atoms with Crippen molar-refractivity contribution < 1.29 is 14.6 Å². The summed E-state index contributed by atoms with van der Waals surface area (Å²) in [6, 6.07) is 19.1. The molecular weight excluding hydrogens is 358 g/mol. The second kappa shape index (κ2) is 8.93. The minimum Gasteiger partial charge on any atom is -0.322 e. The molecule has 2 atom stereocenters. The Kier molecular flexibility index (Phi) is 6.12. The molecule has 0 saturated carbocycles. The Bertz CT molecular complexity index is 855. The van der Waals surface area contributed by atoms with Crippen molar-refractivity contribution in [3.63, 3.8) is 0 Å². The highest BCUT2D eigenvalue weighted by molar-refractivity contribution is 5.98. The van der Waals surface area contributed by atoms with Crippen LogP contribution >= 0.6 is 0 Å². The van der Waals surface area contributed by atoms with Crippen molar-refractivity contribution in [2.75, 3.05) is 37.6 Å². The van der Waals surface area contributed by atoms with Crippen LogP contribution in [0.5, 0.6) is 0 Å². The van der Waals surface area contributed by atoms with E-state index >= 15 is 0 Å². The highest BCUT2D eigenvalue weighted by Gasteiger charge is 2.38. The standard InChI is InChI=1S/C25H31N3O/c1-20-19-23-12-6-7-13-24(23)28(20)25(29)21(2)27-17-15-26(16-18-27)14-8-11-22-9-4-3-5-10-22/h3-13,20-21H,14-19H2,1-2H3/p+2/b11-8+/t20-,21+/m1/s1. The molecule has 2 aliphatic heterocycles. The Hall–Kier alpha value is -2.43. The number of rotatable bonds is 5. The molecule has 2 N–H and O–H groups in total. The molecule has 152 valence electrons. The fourth-order valence-electron chi connectivity index (χ4n) is 4.77. The number of carbonyl (C=O) groups is 1. The van der Waals surface area contributed by atoms with Crippen molar-refractivity contribution in [1.82, 2.24) is 0 Å². The summed E-state index contributed by atoms with van der Waals surface area (Å²) >= 11 is 0. The van der Waals surface area contributed by atoms with Gasteiger partial charge in [0, 0.05) is 11.7 Å². The number of piperazine rings is 1. The van der Waals surface area contributed by atoms with Crippen molar-refractivity contribution in [3.8, 4) is 0 Å². The predicted molar refractivity (Wildman–Crippen MR) is 118 cm³/mol. The molecule has 4 heteroatoms. The lowest BCUT2D eigenvalue weighted by Gasteiger charge is -2.34. The van der Waals surface area contributed by atoms with Gasteiger partial charge < -0.3 is 14.7 Å². The number of fused-ring (bicyclic) bond motifs is 1. The van der Waals surface area contributed by atoms with Gasteiger partial charge in [0.1, 0.15) is 26.2 Å². The Balaban J connectivity index is 1.30. The van der Waals surface area contributed by atoms with E-state index < -0.39 is 0 Å². The topological polar surface area (TPSA) is 29.2 Å². The molecule has 4 rings (SSSR count). The van der Waals surface area contributed by atoms with Gasteiger partial charge in [-0.3, -0.25) is 4.79 Å². The summed E-state index contributed by atoms with van der Waals surface area (Å²) in [5.74, 6) is 0.282. The summed E-state index contributed by atoms with van der Waals surface area (Å²) in [5.41, 5.74) is 3.68. The van der Waals surface area contributed by atoms with E-state index in [2.05, 4.69) is 79.4 Å². The van der Waals surface area contributed by atoms with E-state index in [1.54, 1.807) is 4.90 Å². The van der Waals surface area contributed by atoms with E-state index in [0.29, 0.717) is 0 Å². The van der Waals surface area contributed by atoms with Crippen molar-refractivity contribution in [2.45, 2.75) is 32.4 Å². The molecule has 1 amide bonds. The number of anilines is 1. The first kappa shape index (κ1) is 19.9. The maximum atomic E-state index is 13.3. The van der Waals surface area contributed by atoms with Gasteiger partial charge in [-0.05, 0) is 43.5 Å². The van der Waals surface area contributed by atoms with Crippen LogP contribution in [0.4, 0.5) is 5.69 Å². The van der Waals surface area contributed by atoms with E-state index in [4.69, 9.17) is 0 Å². The van der Waals surface area contributed by atoms with Crippen LogP contribution in [-0.2, 0) is 11.2 Å². The minimum atomic E-state index is 0.0185. The van der Waals surface area contributed by atoms with Gasteiger partial charge in [-0.15, -0.1) is 0 Å². The van der Waals surface area contributed by atoms with E-state index in [1.165, 1.54) is 16.0 Å². The molecule has 2 aliphatic rings. The molecule has 1 fully saturated rings. The van der Waals surface area contributed by atoms with Gasteiger partial charge in [-0.25, -0.2) is 0 Å². The highest BCUT2D eigenvalue weighted by Crippen LogP contribution is 2.32. The Labute approximate surface area is 174 Å². The molecule has 0 bridgehead atoms. The number of quaternary nitrogens is 2. The van der Waals surface area contributed by atoms with Crippen molar-refractivity contribution in [2.24, 2.45) is 0 Å². The zero-order chi connectivity index (χ0) is 20.2. The third kappa shape index (κ3) is 4.44. The molecule has 29 heavy (non-hydrogen) atoms. The zero-order valence-electron chi connectivity index (χ0n) is 17.6. The number of benzene rings is 2. The predicted octanol–water partition coefficient (Wildman–Crippen LogP) is 0.850. The van der Waals surface area contributed by atoms with Crippen LogP contribution in [-0.4, -0.2) is 50.7 Å². The van der Waals surface area contributed by atoms with E-state index in [0.717, 1.165) is 44.8 Å². The molecule has 4 nitrogen and oxygen atoms in total. The van der Waals surface area contributed by atoms with Gasteiger partial charge in [0.05, 0.1) is 6.54 Å². The van der Waals surface area contributed by atoms with Gasteiger partial charge in [0.2, 0.25) is 0 Å². The Morgan fingerprint density at radius 3 is 2.52 bits per heavy atom. The third-order valence-corrected chi connectivity index (χ3v) is 6.54. The quantitative estimate of drug-likeness (QED) is 0.778. The van der Waals surface area contributed by atoms with Crippen molar-refractivity contribution >= 4 is 17.7 Å². The fourth-order valence-corrected chi connectivity index (χ4v) is 4.77. The average molecular weight is 392 g/mol. The SMILES string of the molecule is C[C@@H]1Cc2ccccc2N1C(=O)[C@H](C)[NH+]1CC[NH+](C/C=C/c2ccccc2)CC1. The number of hydrogen-bond acceptors (Lipinski definition) is 1. The number of carbonyl (C=O) groups excluding carboxylic acids is 1. The lowest BCUT2D eigenvalue weighted by molar-refractivity contribution is -1.02. The van der Waals surface area contributed by atoms with Crippen LogP contribution in [0.3, 0.4) is 0 Å². The van der Waals surface area contributed by atoms with Crippen LogP contribution in [0, 0.1) is 0 Å². The molecule has 0 aliphatic carbocycles. The third-order valence-electron chi connectivity index (χ3n) is 6.54. The fraction of sp³-hybridized carbons (Fsp3) is 0.400. The lowest BCUT2D eigenvalue weighted by atomic mass is 10.1. The first-order valence-corrected chi connectivity index (χ1v) is 10.9. The highest BCUT2D eigenvalue weighted by atomic mass is 16.2. The monoisotopic (exact) mass is 391 g/mol. The summed E-state index contributed by atoms with van der Waals surface area (Å²) in [7, 11) is 0. The van der Waals surface area contributed by atoms with Crippen LogP contribution in [0.1, 0.15) is 25.0 Å². The van der Waals surface area contributed by atoms with Gasteiger partial charge in [-0.1, -0.05) is 54.6 Å². The zero-order valence-corrected chi connectivity index (χ0v) is 17.6. The second-order valence-electron chi connectivity index (χ2n) is 8.54. The first-order valence-electron chi connectivity index (χ1n) is 10.9. The number of hydrogen-bond donors (Lipinski definition) is 2. The molecule has 1 saturated heterocycles. The van der Waals surface area contributed by atoms with Gasteiger partial charge in [-0.2, -0.15) is 0 Å². The summed E-state index contributed by atoms with van der Waals surface area (Å²) in [6.45, 7) is 9.71. The number of para-hydroxylation sites is 1. The summed E-state index contributed by atoms with van der Waals surface area (Å²) in [4.78, 5) is 18.4. The maximum absolute atomic E-state index is 13.3. The van der Waals surface area contributed by atoms with E-state index in [9.17, 15) is 4.79 Å². The molecule has 2 aromatic rings. The maximum Gasteiger partial charge on any atom is 0.285 e. The Morgan fingerprint density at radius 2 is 1.76 bits per heavy atom. The van der Waals surface area contributed by atoms with Crippen molar-refractivity contribution in [1.29, 1.82) is 0 Å². The average Bonchev–Trinajstić information content (AvgIpc) is 3.09. The molecule has 2 heterocycles. The van der Waals surface area contributed by atoms with Crippen molar-refractivity contribution in [3.05, 3.63) is 71.8 Å². The molecule has 0 unspecified atom stereocenters. The summed E-state index contributed by atoms with van der Waals surface area (Å²) < 4.78 is 0. The molecule has 0 spiro atoms. The smallest absolute Gasteiger partial charge is 0.285 e. The van der Waals surface area contributed by atoms with Gasteiger partial charge >= 0.3 is 0 Å². The Morgan fingerprint density at radius 1 is 1.07 bits per heavy atom. The first-order chi connectivity index (χ1) is 14.1. The summed E-state index contributed by atoms with van der Waals surface area (Å²) in [6.07, 6.45) is 5.47. The second-order valence-corrected chi connectivity index (χ2v) is 8.54. The molecular formula is C25H33N3O+2. The van der Waals surface area contributed by atoms with Gasteiger partial charge in [0.15, 0.2) is 6.04 Å².